The van der Waals surface area contributed by atoms with E-state index in [1.54, 1.807) is 17.4 Å². The molecule has 0 aliphatic carbocycles. The number of hydrogen-bond donors (Lipinski definition) is 1. The predicted molar refractivity (Wildman–Crippen MR) is 88.7 cm³/mol. The summed E-state index contributed by atoms with van der Waals surface area (Å²) in [7, 11) is 1.98. The number of likely N-dealkylation sites (N-methyl/N-ethyl adjacent to an activating group) is 1. The van der Waals surface area contributed by atoms with Crippen molar-refractivity contribution >= 4 is 50.5 Å². The molecule has 0 saturated heterocycles. The molecule has 0 aliphatic heterocycles. The van der Waals surface area contributed by atoms with Crippen LogP contribution in [0.5, 0.6) is 0 Å². The molecule has 1 heterocycles. The van der Waals surface area contributed by atoms with Crippen LogP contribution in [-0.4, -0.2) is 13.1 Å². The van der Waals surface area contributed by atoms with Gasteiger partial charge in [0.25, 0.3) is 0 Å². The van der Waals surface area contributed by atoms with E-state index in [9.17, 15) is 0 Å². The molecule has 1 unspecified atom stereocenters. The van der Waals surface area contributed by atoms with Crippen LogP contribution >= 0.6 is 50.5 Å². The Morgan fingerprint density at radius 3 is 2.63 bits per heavy atom. The fourth-order valence-corrected chi connectivity index (χ4v) is 4.00. The van der Waals surface area contributed by atoms with E-state index in [0.29, 0.717) is 11.1 Å². The molecule has 0 aliphatic rings. The van der Waals surface area contributed by atoms with E-state index in [2.05, 4.69) is 32.7 Å². The zero-order chi connectivity index (χ0) is 13.8. The van der Waals surface area contributed by atoms with Crippen molar-refractivity contribution in [1.82, 2.24) is 5.32 Å². The van der Waals surface area contributed by atoms with E-state index in [4.69, 9.17) is 23.2 Å². The molecular formula is C14H14BrCl2NS. The predicted octanol–water partition coefficient (Wildman–Crippen LogP) is 5.19. The lowest BCUT2D eigenvalue weighted by Gasteiger charge is -2.16. The minimum Gasteiger partial charge on any atom is -0.316 e. The van der Waals surface area contributed by atoms with Gasteiger partial charge < -0.3 is 5.32 Å². The Kier molecular flexibility index (Phi) is 5.72. The molecule has 0 spiro atoms. The minimum absolute atomic E-state index is 0.355. The summed E-state index contributed by atoms with van der Waals surface area (Å²) in [6.45, 7) is 0. The summed E-state index contributed by atoms with van der Waals surface area (Å²) in [4.78, 5) is 1.35. The van der Waals surface area contributed by atoms with Crippen LogP contribution < -0.4 is 5.32 Å². The molecule has 1 atom stereocenters. The highest BCUT2D eigenvalue weighted by atomic mass is 79.9. The van der Waals surface area contributed by atoms with Crippen LogP contribution in [0.4, 0.5) is 0 Å². The number of benzene rings is 1. The summed E-state index contributed by atoms with van der Waals surface area (Å²) in [5.41, 5.74) is 1.12. The third-order valence-corrected chi connectivity index (χ3v) is 5.55. The van der Waals surface area contributed by atoms with Gasteiger partial charge in [-0.05, 0) is 65.0 Å². The molecule has 2 aromatic rings. The van der Waals surface area contributed by atoms with Crippen LogP contribution in [-0.2, 0) is 12.8 Å². The number of thiophene rings is 1. The van der Waals surface area contributed by atoms with Crippen molar-refractivity contribution in [2.45, 2.75) is 18.9 Å². The maximum Gasteiger partial charge on any atom is 0.0453 e. The van der Waals surface area contributed by atoms with Crippen molar-refractivity contribution in [1.29, 1.82) is 0 Å². The zero-order valence-electron chi connectivity index (χ0n) is 10.4. The molecule has 2 rings (SSSR count). The maximum atomic E-state index is 6.22. The molecule has 1 aromatic heterocycles. The van der Waals surface area contributed by atoms with Gasteiger partial charge in [-0.3, -0.25) is 0 Å². The molecule has 0 amide bonds. The van der Waals surface area contributed by atoms with Crippen molar-refractivity contribution in [2.75, 3.05) is 7.05 Å². The molecule has 5 heteroatoms. The normalized spacial score (nSPS) is 12.6. The van der Waals surface area contributed by atoms with E-state index >= 15 is 0 Å². The van der Waals surface area contributed by atoms with E-state index < -0.39 is 0 Å². The highest BCUT2D eigenvalue weighted by Gasteiger charge is 2.13. The second-order valence-corrected chi connectivity index (χ2v) is 7.02. The van der Waals surface area contributed by atoms with Crippen LogP contribution in [0.2, 0.25) is 10.0 Å². The van der Waals surface area contributed by atoms with Crippen molar-refractivity contribution in [3.8, 4) is 0 Å². The van der Waals surface area contributed by atoms with Gasteiger partial charge in [0.05, 0.1) is 0 Å². The van der Waals surface area contributed by atoms with Crippen molar-refractivity contribution < 1.29 is 0 Å². The molecule has 0 bridgehead atoms. The summed E-state index contributed by atoms with van der Waals surface area (Å²) in [6, 6.07) is 8.12. The molecule has 0 fully saturated rings. The second kappa shape index (κ2) is 7.09. The molecule has 1 aromatic carbocycles. The Bertz CT molecular complexity index is 556. The summed E-state index contributed by atoms with van der Waals surface area (Å²) in [5.74, 6) is 0. The SMILES string of the molecule is CNC(Cc1ccc(Cl)cc1Cl)Cc1sccc1Br. The van der Waals surface area contributed by atoms with Crippen molar-refractivity contribution in [3.05, 3.63) is 54.6 Å². The largest absolute Gasteiger partial charge is 0.316 e. The molecule has 102 valence electrons. The lowest BCUT2D eigenvalue weighted by molar-refractivity contribution is 0.559. The van der Waals surface area contributed by atoms with Crippen LogP contribution in [0.1, 0.15) is 10.4 Å². The van der Waals surface area contributed by atoms with E-state index in [1.807, 2.05) is 19.2 Å². The van der Waals surface area contributed by atoms with Gasteiger partial charge in [-0.25, -0.2) is 0 Å². The topological polar surface area (TPSA) is 12.0 Å². The summed E-state index contributed by atoms with van der Waals surface area (Å²) in [5, 5.41) is 6.86. The molecular weight excluding hydrogens is 365 g/mol. The fourth-order valence-electron chi connectivity index (χ4n) is 1.92. The quantitative estimate of drug-likeness (QED) is 0.754. The second-order valence-electron chi connectivity index (χ2n) is 4.32. The average Bonchev–Trinajstić information content (AvgIpc) is 2.77. The smallest absolute Gasteiger partial charge is 0.0453 e. The van der Waals surface area contributed by atoms with Gasteiger partial charge in [-0.2, -0.15) is 0 Å². The fraction of sp³-hybridized carbons (Fsp3) is 0.286. The number of rotatable bonds is 5. The van der Waals surface area contributed by atoms with E-state index in [0.717, 1.165) is 23.4 Å². The van der Waals surface area contributed by atoms with Crippen LogP contribution in [0.15, 0.2) is 34.1 Å². The minimum atomic E-state index is 0.355. The molecule has 0 saturated carbocycles. The number of hydrogen-bond acceptors (Lipinski definition) is 2. The van der Waals surface area contributed by atoms with Crippen molar-refractivity contribution in [2.24, 2.45) is 0 Å². The molecule has 19 heavy (non-hydrogen) atoms. The highest BCUT2D eigenvalue weighted by Crippen LogP contribution is 2.26. The lowest BCUT2D eigenvalue weighted by Crippen LogP contribution is -2.29. The zero-order valence-corrected chi connectivity index (χ0v) is 14.3. The third kappa shape index (κ3) is 4.20. The Morgan fingerprint density at radius 1 is 1.26 bits per heavy atom. The van der Waals surface area contributed by atoms with Gasteiger partial charge in [0.2, 0.25) is 0 Å². The first-order valence-electron chi connectivity index (χ1n) is 5.93. The van der Waals surface area contributed by atoms with Crippen LogP contribution in [0, 0.1) is 0 Å². The summed E-state index contributed by atoms with van der Waals surface area (Å²) in [6.07, 6.45) is 1.87. The van der Waals surface area contributed by atoms with E-state index in [1.165, 1.54) is 9.35 Å². The number of nitrogens with one attached hydrogen (secondary N) is 1. The first-order valence-corrected chi connectivity index (χ1v) is 8.36. The Balaban J connectivity index is 2.09. The number of halogens is 3. The Labute approximate surface area is 136 Å². The van der Waals surface area contributed by atoms with Gasteiger partial charge in [0.1, 0.15) is 0 Å². The first kappa shape index (κ1) is 15.3. The van der Waals surface area contributed by atoms with Crippen LogP contribution in [0.3, 0.4) is 0 Å². The Morgan fingerprint density at radius 2 is 2.05 bits per heavy atom. The highest BCUT2D eigenvalue weighted by molar-refractivity contribution is 9.10. The lowest BCUT2D eigenvalue weighted by atomic mass is 10.0. The summed E-state index contributed by atoms with van der Waals surface area (Å²) < 4.78 is 1.18. The molecule has 1 nitrogen and oxygen atoms in total. The summed E-state index contributed by atoms with van der Waals surface area (Å²) >= 11 is 17.5. The van der Waals surface area contributed by atoms with Gasteiger partial charge in [-0.1, -0.05) is 29.3 Å². The van der Waals surface area contributed by atoms with Gasteiger partial charge in [0, 0.05) is 25.4 Å². The van der Waals surface area contributed by atoms with Crippen molar-refractivity contribution in [3.63, 3.8) is 0 Å². The van der Waals surface area contributed by atoms with Gasteiger partial charge in [0.15, 0.2) is 0 Å². The third-order valence-electron chi connectivity index (χ3n) is 3.01. The van der Waals surface area contributed by atoms with E-state index in [-0.39, 0.29) is 0 Å². The first-order chi connectivity index (χ1) is 9.10. The monoisotopic (exact) mass is 377 g/mol. The molecule has 0 radical (unpaired) electrons. The average molecular weight is 379 g/mol. The molecule has 1 N–H and O–H groups in total. The Hall–Kier alpha value is -0.0600. The van der Waals surface area contributed by atoms with Gasteiger partial charge >= 0.3 is 0 Å². The van der Waals surface area contributed by atoms with Crippen LogP contribution in [0.25, 0.3) is 0 Å². The van der Waals surface area contributed by atoms with Gasteiger partial charge in [-0.15, -0.1) is 11.3 Å². The standard InChI is InChI=1S/C14H14BrCl2NS/c1-18-11(8-14-12(15)4-5-19-14)6-9-2-3-10(16)7-13(9)17/h2-5,7,11,18H,6,8H2,1H3. The maximum absolute atomic E-state index is 6.22.